The van der Waals surface area contributed by atoms with Gasteiger partial charge in [-0.3, -0.25) is 4.98 Å². The van der Waals surface area contributed by atoms with Crippen LogP contribution in [-0.2, 0) is 9.84 Å². The third-order valence-corrected chi connectivity index (χ3v) is 3.51. The van der Waals surface area contributed by atoms with Crippen molar-refractivity contribution in [3.63, 3.8) is 0 Å². The zero-order valence-electron chi connectivity index (χ0n) is 10.1. The summed E-state index contributed by atoms with van der Waals surface area (Å²) in [6.07, 6.45) is 3.53. The molecule has 0 N–H and O–H groups in total. The second-order valence-electron chi connectivity index (χ2n) is 3.85. The monoisotopic (exact) mass is 277 g/mol. The third kappa shape index (κ3) is 3.17. The average molecular weight is 277 g/mol. The van der Waals surface area contributed by atoms with E-state index in [-0.39, 0.29) is 10.5 Å². The number of carbonyl (C=O) groups is 1. The number of aromatic nitrogens is 1. The Labute approximate surface area is 110 Å². The summed E-state index contributed by atoms with van der Waals surface area (Å²) in [5, 5.41) is 0. The van der Waals surface area contributed by atoms with Gasteiger partial charge in [-0.05, 0) is 18.2 Å². The van der Waals surface area contributed by atoms with Crippen molar-refractivity contribution in [1.82, 2.24) is 4.98 Å². The first kappa shape index (κ1) is 13.2. The van der Waals surface area contributed by atoms with Crippen LogP contribution in [0.3, 0.4) is 0 Å². The first-order valence-corrected chi connectivity index (χ1v) is 7.29. The normalized spacial score (nSPS) is 11.0. The lowest BCUT2D eigenvalue weighted by molar-refractivity contribution is 0.0730. The number of hydrogen-bond donors (Lipinski definition) is 0. The minimum atomic E-state index is -3.51. The van der Waals surface area contributed by atoms with Crippen LogP contribution < -0.4 is 4.74 Å². The smallest absolute Gasteiger partial charge is 0.346 e. The van der Waals surface area contributed by atoms with E-state index in [1.165, 1.54) is 18.5 Å². The number of sulfone groups is 1. The maximum absolute atomic E-state index is 12.0. The van der Waals surface area contributed by atoms with Gasteiger partial charge in [0.05, 0.1) is 10.5 Å². The first-order chi connectivity index (χ1) is 8.98. The molecule has 1 heterocycles. The van der Waals surface area contributed by atoms with Crippen molar-refractivity contribution in [2.24, 2.45) is 0 Å². The van der Waals surface area contributed by atoms with Crippen LogP contribution in [0.25, 0.3) is 0 Å². The topological polar surface area (TPSA) is 73.3 Å². The molecule has 0 atom stereocenters. The Hall–Kier alpha value is -2.21. The number of nitrogens with zero attached hydrogens (tertiary/aromatic N) is 1. The van der Waals surface area contributed by atoms with Crippen LogP contribution in [-0.4, -0.2) is 25.6 Å². The largest absolute Gasteiger partial charge is 0.423 e. The summed E-state index contributed by atoms with van der Waals surface area (Å²) >= 11 is 0. The zero-order valence-corrected chi connectivity index (χ0v) is 10.9. The Bertz CT molecular complexity index is 696. The van der Waals surface area contributed by atoms with Crippen LogP contribution in [0.15, 0.2) is 53.7 Å². The molecule has 0 spiro atoms. The number of carbonyl (C=O) groups excluding carboxylic acids is 1. The van der Waals surface area contributed by atoms with Crippen molar-refractivity contribution < 1.29 is 17.9 Å². The van der Waals surface area contributed by atoms with Crippen LogP contribution in [0, 0.1) is 0 Å². The van der Waals surface area contributed by atoms with Gasteiger partial charge in [-0.1, -0.05) is 18.2 Å². The van der Waals surface area contributed by atoms with E-state index in [2.05, 4.69) is 4.98 Å². The molecule has 1 aromatic carbocycles. The third-order valence-electron chi connectivity index (χ3n) is 2.35. The van der Waals surface area contributed by atoms with Crippen molar-refractivity contribution >= 4 is 15.8 Å². The molecule has 0 saturated carbocycles. The maximum atomic E-state index is 12.0. The van der Waals surface area contributed by atoms with Gasteiger partial charge in [0.25, 0.3) is 0 Å². The quantitative estimate of drug-likeness (QED) is 0.630. The van der Waals surface area contributed by atoms with Gasteiger partial charge in [0.1, 0.15) is 5.75 Å². The molecule has 1 aromatic heterocycles. The fourth-order valence-corrected chi connectivity index (χ4v) is 2.35. The number of pyridine rings is 1. The van der Waals surface area contributed by atoms with Gasteiger partial charge < -0.3 is 4.74 Å². The summed E-state index contributed by atoms with van der Waals surface area (Å²) in [4.78, 5) is 15.6. The van der Waals surface area contributed by atoms with Crippen molar-refractivity contribution in [2.45, 2.75) is 4.90 Å². The summed E-state index contributed by atoms with van der Waals surface area (Å²) in [5.41, 5.74) is -0.0751. The Kier molecular flexibility index (Phi) is 3.62. The molecular formula is C13H11NO4S. The summed E-state index contributed by atoms with van der Waals surface area (Å²) in [7, 11) is -3.51. The Morgan fingerprint density at radius 3 is 2.47 bits per heavy atom. The predicted molar refractivity (Wildman–Crippen MR) is 68.7 cm³/mol. The molecule has 0 bridgehead atoms. The lowest BCUT2D eigenvalue weighted by Gasteiger charge is -2.07. The molecule has 0 aliphatic carbocycles. The van der Waals surface area contributed by atoms with Crippen molar-refractivity contribution in [2.75, 3.05) is 6.26 Å². The number of para-hydroxylation sites is 1. The molecule has 0 amide bonds. The average Bonchev–Trinajstić information content (AvgIpc) is 2.39. The molecule has 19 heavy (non-hydrogen) atoms. The molecule has 98 valence electrons. The standard InChI is InChI=1S/C13H11NO4S/c1-19(16,17)12-7-8-14-9-11(12)13(15)18-10-5-3-2-4-6-10/h2-9H,1H3. The molecule has 2 rings (SSSR count). The fourth-order valence-electron chi connectivity index (χ4n) is 1.51. The van der Waals surface area contributed by atoms with Gasteiger partial charge in [0.15, 0.2) is 9.84 Å². The van der Waals surface area contributed by atoms with E-state index in [0.717, 1.165) is 6.26 Å². The second kappa shape index (κ2) is 5.19. The highest BCUT2D eigenvalue weighted by molar-refractivity contribution is 7.90. The molecule has 0 radical (unpaired) electrons. The van der Waals surface area contributed by atoms with E-state index < -0.39 is 15.8 Å². The van der Waals surface area contributed by atoms with E-state index >= 15 is 0 Å². The van der Waals surface area contributed by atoms with E-state index in [1.807, 2.05) is 0 Å². The number of hydrogen-bond acceptors (Lipinski definition) is 5. The van der Waals surface area contributed by atoms with Gasteiger partial charge in [0, 0.05) is 18.6 Å². The van der Waals surface area contributed by atoms with Crippen molar-refractivity contribution in [3.8, 4) is 5.75 Å². The van der Waals surface area contributed by atoms with Crippen LogP contribution >= 0.6 is 0 Å². The van der Waals surface area contributed by atoms with E-state index in [1.54, 1.807) is 30.3 Å². The van der Waals surface area contributed by atoms with Crippen molar-refractivity contribution in [1.29, 1.82) is 0 Å². The van der Waals surface area contributed by atoms with Crippen LogP contribution in [0.4, 0.5) is 0 Å². The van der Waals surface area contributed by atoms with Gasteiger partial charge >= 0.3 is 5.97 Å². The van der Waals surface area contributed by atoms with E-state index in [4.69, 9.17) is 4.74 Å². The zero-order chi connectivity index (χ0) is 13.9. The number of benzene rings is 1. The molecule has 0 saturated heterocycles. The minimum Gasteiger partial charge on any atom is -0.423 e. The summed E-state index contributed by atoms with van der Waals surface area (Å²) in [6.45, 7) is 0. The molecule has 2 aromatic rings. The van der Waals surface area contributed by atoms with E-state index in [0.29, 0.717) is 5.75 Å². The summed E-state index contributed by atoms with van der Waals surface area (Å²) in [5.74, 6) is -0.407. The fraction of sp³-hybridized carbons (Fsp3) is 0.0769. The number of ether oxygens (including phenoxy) is 1. The molecular weight excluding hydrogens is 266 g/mol. The lowest BCUT2D eigenvalue weighted by atomic mass is 10.3. The van der Waals surface area contributed by atoms with Crippen LogP contribution in [0.5, 0.6) is 5.75 Å². The molecule has 6 heteroatoms. The van der Waals surface area contributed by atoms with Crippen LogP contribution in [0.2, 0.25) is 0 Å². The van der Waals surface area contributed by atoms with Gasteiger partial charge in [-0.2, -0.15) is 0 Å². The van der Waals surface area contributed by atoms with Gasteiger partial charge in [-0.15, -0.1) is 0 Å². The second-order valence-corrected chi connectivity index (χ2v) is 5.83. The summed E-state index contributed by atoms with van der Waals surface area (Å²) in [6, 6.07) is 9.69. The Morgan fingerprint density at radius 1 is 1.16 bits per heavy atom. The van der Waals surface area contributed by atoms with E-state index in [9.17, 15) is 13.2 Å². The van der Waals surface area contributed by atoms with Gasteiger partial charge in [0.2, 0.25) is 0 Å². The number of rotatable bonds is 3. The molecule has 5 nitrogen and oxygen atoms in total. The SMILES string of the molecule is CS(=O)(=O)c1ccncc1C(=O)Oc1ccccc1. The highest BCUT2D eigenvalue weighted by Crippen LogP contribution is 2.17. The van der Waals surface area contributed by atoms with Crippen molar-refractivity contribution in [3.05, 3.63) is 54.4 Å². The highest BCUT2D eigenvalue weighted by Gasteiger charge is 2.20. The Balaban J connectivity index is 2.35. The highest BCUT2D eigenvalue weighted by atomic mass is 32.2. The summed E-state index contributed by atoms with van der Waals surface area (Å²) < 4.78 is 28.2. The predicted octanol–water partition coefficient (Wildman–Crippen LogP) is 1.70. The Morgan fingerprint density at radius 2 is 1.84 bits per heavy atom. The minimum absolute atomic E-state index is 0.0751. The molecule has 0 aliphatic heterocycles. The molecule has 0 aliphatic rings. The molecule has 0 fully saturated rings. The lowest BCUT2D eigenvalue weighted by Crippen LogP contribution is -2.14. The van der Waals surface area contributed by atoms with Gasteiger partial charge in [-0.25, -0.2) is 13.2 Å². The van der Waals surface area contributed by atoms with Crippen LogP contribution in [0.1, 0.15) is 10.4 Å². The maximum Gasteiger partial charge on any atom is 0.346 e. The molecule has 0 unspecified atom stereocenters. The first-order valence-electron chi connectivity index (χ1n) is 5.40. The number of esters is 1.